The number of para-hydroxylation sites is 1. The number of anilines is 2. The van der Waals surface area contributed by atoms with Gasteiger partial charge in [0, 0.05) is 12.2 Å². The zero-order valence-corrected chi connectivity index (χ0v) is 7.68. The topological polar surface area (TPSA) is 29.3 Å². The quantitative estimate of drug-likeness (QED) is 0.684. The van der Waals surface area contributed by atoms with Crippen LogP contribution in [-0.4, -0.2) is 11.7 Å². The lowest BCUT2D eigenvalue weighted by molar-refractivity contribution is 0.420. The summed E-state index contributed by atoms with van der Waals surface area (Å²) >= 11 is 0. The molecule has 0 aliphatic carbocycles. The molecule has 1 aromatic heterocycles. The zero-order valence-electron chi connectivity index (χ0n) is 7.68. The predicted molar refractivity (Wildman–Crippen MR) is 53.7 cm³/mol. The van der Waals surface area contributed by atoms with E-state index < -0.39 is 0 Å². The summed E-state index contributed by atoms with van der Waals surface area (Å²) < 4.78 is 4.85. The summed E-state index contributed by atoms with van der Waals surface area (Å²) in [5.74, 6) is 0. The van der Waals surface area contributed by atoms with Gasteiger partial charge >= 0.3 is 0 Å². The lowest BCUT2D eigenvalue weighted by Gasteiger charge is -2.15. The van der Waals surface area contributed by atoms with Crippen molar-refractivity contribution in [3.63, 3.8) is 0 Å². The Morgan fingerprint density at radius 1 is 1.29 bits per heavy atom. The van der Waals surface area contributed by atoms with E-state index in [1.54, 1.807) is 12.5 Å². The van der Waals surface area contributed by atoms with E-state index in [0.717, 1.165) is 18.7 Å². The fraction of sp³-hybridized carbons (Fsp3) is 0.182. The first-order chi connectivity index (χ1) is 6.95. The van der Waals surface area contributed by atoms with Gasteiger partial charge < -0.3 is 9.42 Å². The van der Waals surface area contributed by atoms with Crippen molar-refractivity contribution in [2.75, 3.05) is 11.4 Å². The first-order valence-electron chi connectivity index (χ1n) is 4.70. The molecule has 0 amide bonds. The first-order valence-corrected chi connectivity index (χ1v) is 4.70. The second-order valence-corrected chi connectivity index (χ2v) is 3.41. The van der Waals surface area contributed by atoms with Crippen LogP contribution in [0.3, 0.4) is 0 Å². The molecule has 1 aromatic carbocycles. The Kier molecular flexibility index (Phi) is 1.56. The molecule has 0 atom stereocenters. The SMILES string of the molecule is c1ccc2c(c1)CCN2c1cnoc1. The fourth-order valence-electron chi connectivity index (χ4n) is 1.94. The van der Waals surface area contributed by atoms with Gasteiger partial charge in [0.25, 0.3) is 0 Å². The minimum Gasteiger partial charge on any atom is -0.363 e. The van der Waals surface area contributed by atoms with Gasteiger partial charge in [-0.05, 0) is 18.1 Å². The van der Waals surface area contributed by atoms with Crippen molar-refractivity contribution in [2.24, 2.45) is 0 Å². The number of hydrogen-bond donors (Lipinski definition) is 0. The van der Waals surface area contributed by atoms with Gasteiger partial charge in [-0.3, -0.25) is 0 Å². The molecule has 0 fully saturated rings. The van der Waals surface area contributed by atoms with Crippen molar-refractivity contribution < 1.29 is 4.52 Å². The van der Waals surface area contributed by atoms with Crippen LogP contribution in [0.2, 0.25) is 0 Å². The molecule has 0 bridgehead atoms. The average Bonchev–Trinajstić information content (AvgIpc) is 2.85. The summed E-state index contributed by atoms with van der Waals surface area (Å²) in [6, 6.07) is 8.44. The van der Waals surface area contributed by atoms with Gasteiger partial charge in [0.1, 0.15) is 12.0 Å². The summed E-state index contributed by atoms with van der Waals surface area (Å²) in [6.45, 7) is 1.01. The molecule has 70 valence electrons. The van der Waals surface area contributed by atoms with E-state index in [1.165, 1.54) is 11.3 Å². The molecule has 14 heavy (non-hydrogen) atoms. The molecule has 1 aliphatic heterocycles. The van der Waals surface area contributed by atoms with E-state index in [0.29, 0.717) is 0 Å². The number of benzene rings is 1. The van der Waals surface area contributed by atoms with Crippen molar-refractivity contribution >= 4 is 11.4 Å². The third kappa shape index (κ3) is 1.02. The Labute approximate surface area is 81.9 Å². The van der Waals surface area contributed by atoms with Crippen molar-refractivity contribution in [3.8, 4) is 0 Å². The molecule has 3 rings (SSSR count). The van der Waals surface area contributed by atoms with Crippen LogP contribution in [0.15, 0.2) is 41.2 Å². The van der Waals surface area contributed by atoms with Gasteiger partial charge in [-0.2, -0.15) is 0 Å². The third-order valence-corrected chi connectivity index (χ3v) is 2.62. The van der Waals surface area contributed by atoms with Gasteiger partial charge in [-0.1, -0.05) is 23.4 Å². The largest absolute Gasteiger partial charge is 0.363 e. The smallest absolute Gasteiger partial charge is 0.147 e. The molecule has 3 heteroatoms. The average molecular weight is 186 g/mol. The van der Waals surface area contributed by atoms with E-state index >= 15 is 0 Å². The standard InChI is InChI=1S/C11H10N2O/c1-2-4-11-9(3-1)5-6-13(11)10-7-12-14-8-10/h1-4,7-8H,5-6H2. The third-order valence-electron chi connectivity index (χ3n) is 2.62. The minimum absolute atomic E-state index is 1.01. The zero-order chi connectivity index (χ0) is 9.38. The molecule has 2 aromatic rings. The number of hydrogen-bond acceptors (Lipinski definition) is 3. The van der Waals surface area contributed by atoms with Crippen molar-refractivity contribution in [2.45, 2.75) is 6.42 Å². The first kappa shape index (κ1) is 7.62. The number of rotatable bonds is 1. The summed E-state index contributed by atoms with van der Waals surface area (Å²) in [6.07, 6.45) is 4.53. The summed E-state index contributed by atoms with van der Waals surface area (Å²) in [4.78, 5) is 2.23. The Morgan fingerprint density at radius 2 is 2.21 bits per heavy atom. The Morgan fingerprint density at radius 3 is 3.07 bits per heavy atom. The molecule has 0 saturated carbocycles. The van der Waals surface area contributed by atoms with Gasteiger partial charge in [0.15, 0.2) is 0 Å². The highest BCUT2D eigenvalue weighted by Gasteiger charge is 2.20. The maximum Gasteiger partial charge on any atom is 0.147 e. The molecule has 0 N–H and O–H groups in total. The second kappa shape index (κ2) is 2.87. The van der Waals surface area contributed by atoms with Crippen LogP contribution in [0.4, 0.5) is 11.4 Å². The van der Waals surface area contributed by atoms with Crippen LogP contribution in [0, 0.1) is 0 Å². The minimum atomic E-state index is 1.01. The van der Waals surface area contributed by atoms with Gasteiger partial charge in [0.05, 0.1) is 6.20 Å². The van der Waals surface area contributed by atoms with Crippen LogP contribution >= 0.6 is 0 Å². The second-order valence-electron chi connectivity index (χ2n) is 3.41. The number of nitrogens with zero attached hydrogens (tertiary/aromatic N) is 2. The van der Waals surface area contributed by atoms with E-state index in [1.807, 2.05) is 0 Å². The predicted octanol–water partition coefficient (Wildman–Crippen LogP) is 2.37. The van der Waals surface area contributed by atoms with E-state index in [-0.39, 0.29) is 0 Å². The molecule has 3 nitrogen and oxygen atoms in total. The van der Waals surface area contributed by atoms with Crippen molar-refractivity contribution in [1.82, 2.24) is 5.16 Å². The maximum absolute atomic E-state index is 4.85. The Bertz CT molecular complexity index is 436. The summed E-state index contributed by atoms with van der Waals surface area (Å²) in [5.41, 5.74) is 3.71. The van der Waals surface area contributed by atoms with Crippen LogP contribution in [0.1, 0.15) is 5.56 Å². The van der Waals surface area contributed by atoms with E-state index in [4.69, 9.17) is 4.52 Å². The monoisotopic (exact) mass is 186 g/mol. The molecule has 0 unspecified atom stereocenters. The highest BCUT2D eigenvalue weighted by molar-refractivity contribution is 5.68. The maximum atomic E-state index is 4.85. The van der Waals surface area contributed by atoms with Crippen LogP contribution < -0.4 is 4.90 Å². The fourth-order valence-corrected chi connectivity index (χ4v) is 1.94. The van der Waals surface area contributed by atoms with Crippen molar-refractivity contribution in [3.05, 3.63) is 42.3 Å². The number of aromatic nitrogens is 1. The Balaban J connectivity index is 2.06. The normalized spacial score (nSPS) is 14.4. The molecule has 0 radical (unpaired) electrons. The molecular formula is C11H10N2O. The number of fused-ring (bicyclic) bond motifs is 1. The summed E-state index contributed by atoms with van der Waals surface area (Å²) in [7, 11) is 0. The van der Waals surface area contributed by atoms with Gasteiger partial charge in [0.2, 0.25) is 0 Å². The van der Waals surface area contributed by atoms with Crippen LogP contribution in [0.5, 0.6) is 0 Å². The molecule has 1 aliphatic rings. The molecule has 0 saturated heterocycles. The lowest BCUT2D eigenvalue weighted by Crippen LogP contribution is -2.11. The highest BCUT2D eigenvalue weighted by atomic mass is 16.5. The van der Waals surface area contributed by atoms with Gasteiger partial charge in [-0.15, -0.1) is 0 Å². The van der Waals surface area contributed by atoms with Crippen LogP contribution in [-0.2, 0) is 6.42 Å². The summed E-state index contributed by atoms with van der Waals surface area (Å²) in [5, 5.41) is 3.72. The Hall–Kier alpha value is -1.77. The highest BCUT2D eigenvalue weighted by Crippen LogP contribution is 2.33. The van der Waals surface area contributed by atoms with Crippen LogP contribution in [0.25, 0.3) is 0 Å². The van der Waals surface area contributed by atoms with E-state index in [2.05, 4.69) is 34.3 Å². The molecule has 2 heterocycles. The van der Waals surface area contributed by atoms with Crippen molar-refractivity contribution in [1.29, 1.82) is 0 Å². The van der Waals surface area contributed by atoms with Gasteiger partial charge in [-0.25, -0.2) is 0 Å². The molecular weight excluding hydrogens is 176 g/mol. The lowest BCUT2D eigenvalue weighted by atomic mass is 10.2. The van der Waals surface area contributed by atoms with E-state index in [9.17, 15) is 0 Å². The molecule has 0 spiro atoms.